The summed E-state index contributed by atoms with van der Waals surface area (Å²) in [5, 5.41) is 0. The van der Waals surface area contributed by atoms with Crippen molar-refractivity contribution in [2.24, 2.45) is 0 Å². The van der Waals surface area contributed by atoms with Crippen molar-refractivity contribution in [3.8, 4) is 0 Å². The normalized spacial score (nSPS) is 14.9. The lowest BCUT2D eigenvalue weighted by molar-refractivity contribution is -0.0133. The third-order valence-corrected chi connectivity index (χ3v) is 1.73. The maximum absolute atomic E-state index is 6.84. The van der Waals surface area contributed by atoms with Gasteiger partial charge in [0.15, 0.2) is 0 Å². The Balaban J connectivity index is 3.73. The molecule has 0 heterocycles. The van der Waals surface area contributed by atoms with Crippen molar-refractivity contribution in [2.45, 2.75) is 39.3 Å². The SMILES string of the molecule is [C-]#[N+]C(C)CC(COCC)OCC. The fourth-order valence-electron chi connectivity index (χ4n) is 1.10. The molecule has 0 bridgehead atoms. The Hall–Kier alpha value is -0.590. The largest absolute Gasteiger partial charge is 0.379 e. The first-order valence-corrected chi connectivity index (χ1v) is 4.80. The minimum absolute atomic E-state index is 0.0250. The van der Waals surface area contributed by atoms with Gasteiger partial charge in [0.2, 0.25) is 6.04 Å². The second kappa shape index (κ2) is 8.03. The first-order valence-electron chi connectivity index (χ1n) is 4.80. The van der Waals surface area contributed by atoms with E-state index in [0.29, 0.717) is 19.8 Å². The molecule has 0 rings (SSSR count). The molecule has 0 spiro atoms. The lowest BCUT2D eigenvalue weighted by Gasteiger charge is -2.15. The van der Waals surface area contributed by atoms with E-state index in [4.69, 9.17) is 16.0 Å². The zero-order valence-corrected chi connectivity index (χ0v) is 8.75. The van der Waals surface area contributed by atoms with Crippen molar-refractivity contribution in [1.29, 1.82) is 0 Å². The topological polar surface area (TPSA) is 22.8 Å². The molecule has 13 heavy (non-hydrogen) atoms. The molecule has 0 radical (unpaired) electrons. The van der Waals surface area contributed by atoms with Crippen LogP contribution in [0.2, 0.25) is 0 Å². The number of nitrogens with zero attached hydrogens (tertiary/aromatic N) is 1. The minimum atomic E-state index is 0.0250. The first-order chi connectivity index (χ1) is 6.24. The third-order valence-electron chi connectivity index (χ3n) is 1.73. The summed E-state index contributed by atoms with van der Waals surface area (Å²) < 4.78 is 10.7. The first kappa shape index (κ1) is 12.4. The summed E-state index contributed by atoms with van der Waals surface area (Å²) in [6, 6.07) is 0.0250. The molecular formula is C10H19NO2. The fraction of sp³-hybridized carbons (Fsp3) is 0.900. The molecule has 0 saturated carbocycles. The lowest BCUT2D eigenvalue weighted by atomic mass is 10.1. The maximum Gasteiger partial charge on any atom is 0.223 e. The number of hydrogen-bond acceptors (Lipinski definition) is 2. The van der Waals surface area contributed by atoms with Crippen LogP contribution >= 0.6 is 0 Å². The highest BCUT2D eigenvalue weighted by molar-refractivity contribution is 4.77. The maximum atomic E-state index is 6.84. The van der Waals surface area contributed by atoms with Crippen LogP contribution in [0, 0.1) is 6.57 Å². The fourth-order valence-corrected chi connectivity index (χ4v) is 1.10. The molecule has 0 aliphatic heterocycles. The molecule has 0 fully saturated rings. The van der Waals surface area contributed by atoms with Gasteiger partial charge in [0.1, 0.15) is 0 Å². The molecule has 0 amide bonds. The van der Waals surface area contributed by atoms with Crippen LogP contribution < -0.4 is 0 Å². The van der Waals surface area contributed by atoms with Gasteiger partial charge in [-0.15, -0.1) is 0 Å². The number of hydrogen-bond donors (Lipinski definition) is 0. The minimum Gasteiger partial charge on any atom is -0.379 e. The highest BCUT2D eigenvalue weighted by atomic mass is 16.5. The van der Waals surface area contributed by atoms with E-state index in [2.05, 4.69) is 4.85 Å². The van der Waals surface area contributed by atoms with Crippen LogP contribution in [-0.4, -0.2) is 32.0 Å². The zero-order valence-electron chi connectivity index (χ0n) is 8.75. The van der Waals surface area contributed by atoms with Crippen molar-refractivity contribution in [3.63, 3.8) is 0 Å². The molecule has 0 aliphatic rings. The summed E-state index contributed by atoms with van der Waals surface area (Å²) in [4.78, 5) is 3.43. The molecule has 0 N–H and O–H groups in total. The Morgan fingerprint density at radius 2 is 2.00 bits per heavy atom. The highest BCUT2D eigenvalue weighted by Crippen LogP contribution is 2.06. The predicted octanol–water partition coefficient (Wildman–Crippen LogP) is 2.13. The second-order valence-electron chi connectivity index (χ2n) is 2.95. The Bertz CT molecular complexity index is 153. The molecule has 0 aromatic heterocycles. The molecule has 0 aromatic rings. The summed E-state index contributed by atoms with van der Waals surface area (Å²) >= 11 is 0. The van der Waals surface area contributed by atoms with Crippen molar-refractivity contribution in [3.05, 3.63) is 11.4 Å². The smallest absolute Gasteiger partial charge is 0.223 e. The average molecular weight is 185 g/mol. The molecule has 0 aromatic carbocycles. The predicted molar refractivity (Wildman–Crippen MR) is 52.6 cm³/mol. The van der Waals surface area contributed by atoms with Crippen molar-refractivity contribution in [2.75, 3.05) is 19.8 Å². The molecule has 3 nitrogen and oxygen atoms in total. The third kappa shape index (κ3) is 6.56. The van der Waals surface area contributed by atoms with Crippen LogP contribution in [0.1, 0.15) is 27.2 Å². The van der Waals surface area contributed by atoms with Gasteiger partial charge in [-0.3, -0.25) is 0 Å². The summed E-state index contributed by atoms with van der Waals surface area (Å²) in [7, 11) is 0. The molecule has 2 unspecified atom stereocenters. The van der Waals surface area contributed by atoms with E-state index < -0.39 is 0 Å². The van der Waals surface area contributed by atoms with E-state index >= 15 is 0 Å². The molecule has 3 heteroatoms. The van der Waals surface area contributed by atoms with Gasteiger partial charge in [0.25, 0.3) is 0 Å². The average Bonchev–Trinajstić information content (AvgIpc) is 2.14. The van der Waals surface area contributed by atoms with Gasteiger partial charge in [-0.05, 0) is 13.8 Å². The molecular weight excluding hydrogens is 166 g/mol. The van der Waals surface area contributed by atoms with Crippen molar-refractivity contribution >= 4 is 0 Å². The van der Waals surface area contributed by atoms with E-state index in [1.807, 2.05) is 20.8 Å². The van der Waals surface area contributed by atoms with Gasteiger partial charge >= 0.3 is 0 Å². The summed E-state index contributed by atoms with van der Waals surface area (Å²) in [6.45, 7) is 14.7. The van der Waals surface area contributed by atoms with Gasteiger partial charge in [0, 0.05) is 20.1 Å². The van der Waals surface area contributed by atoms with Gasteiger partial charge in [0.05, 0.1) is 19.1 Å². The van der Waals surface area contributed by atoms with Crippen LogP contribution in [0.4, 0.5) is 0 Å². The Morgan fingerprint density at radius 1 is 1.31 bits per heavy atom. The standard InChI is InChI=1S/C10H19NO2/c1-5-12-8-10(13-6-2)7-9(3)11-4/h9-10H,5-8H2,1-3H3. The van der Waals surface area contributed by atoms with E-state index in [1.54, 1.807) is 0 Å². The highest BCUT2D eigenvalue weighted by Gasteiger charge is 2.15. The van der Waals surface area contributed by atoms with Gasteiger partial charge in [-0.25, -0.2) is 6.57 Å². The van der Waals surface area contributed by atoms with Crippen molar-refractivity contribution < 1.29 is 9.47 Å². The number of ether oxygens (including phenoxy) is 2. The molecule has 76 valence electrons. The molecule has 2 atom stereocenters. The van der Waals surface area contributed by atoms with E-state index in [1.165, 1.54) is 0 Å². The Labute approximate surface area is 80.9 Å². The van der Waals surface area contributed by atoms with E-state index in [-0.39, 0.29) is 12.1 Å². The Morgan fingerprint density at radius 3 is 2.46 bits per heavy atom. The molecule has 0 saturated heterocycles. The van der Waals surface area contributed by atoms with Crippen molar-refractivity contribution in [1.82, 2.24) is 0 Å². The Kier molecular flexibility index (Phi) is 7.66. The van der Waals surface area contributed by atoms with Gasteiger partial charge in [-0.1, -0.05) is 0 Å². The molecule has 0 aliphatic carbocycles. The second-order valence-corrected chi connectivity index (χ2v) is 2.95. The quantitative estimate of drug-likeness (QED) is 0.567. The van der Waals surface area contributed by atoms with Crippen LogP contribution in [0.5, 0.6) is 0 Å². The summed E-state index contributed by atoms with van der Waals surface area (Å²) in [5.41, 5.74) is 0. The van der Waals surface area contributed by atoms with Gasteiger partial charge in [-0.2, -0.15) is 0 Å². The van der Waals surface area contributed by atoms with E-state index in [0.717, 1.165) is 6.42 Å². The van der Waals surface area contributed by atoms with Crippen LogP contribution in [-0.2, 0) is 9.47 Å². The lowest BCUT2D eigenvalue weighted by Crippen LogP contribution is -2.23. The van der Waals surface area contributed by atoms with Gasteiger partial charge < -0.3 is 14.3 Å². The summed E-state index contributed by atoms with van der Waals surface area (Å²) in [6.07, 6.45) is 0.839. The van der Waals surface area contributed by atoms with Crippen LogP contribution in [0.3, 0.4) is 0 Å². The van der Waals surface area contributed by atoms with E-state index in [9.17, 15) is 0 Å². The monoisotopic (exact) mass is 185 g/mol. The summed E-state index contributed by atoms with van der Waals surface area (Å²) in [5.74, 6) is 0. The van der Waals surface area contributed by atoms with Crippen LogP contribution in [0.15, 0.2) is 0 Å². The zero-order chi connectivity index (χ0) is 10.1. The van der Waals surface area contributed by atoms with Crippen LogP contribution in [0.25, 0.3) is 4.85 Å². The number of rotatable bonds is 7.